The lowest BCUT2D eigenvalue weighted by Crippen LogP contribution is -2.48. The minimum absolute atomic E-state index is 0.00105. The lowest BCUT2D eigenvalue weighted by Gasteiger charge is -2.32. The molecular weight excluding hydrogens is 358 g/mol. The Morgan fingerprint density at radius 3 is 2.30 bits per heavy atom. The molecule has 1 amide bonds. The average molecular weight is 384 g/mol. The molecule has 0 heterocycles. The molecule has 0 fully saturated rings. The Kier molecular flexibility index (Phi) is 8.31. The van der Waals surface area contributed by atoms with Gasteiger partial charge in [-0.05, 0) is 30.0 Å². The van der Waals surface area contributed by atoms with E-state index in [1.165, 1.54) is 7.11 Å². The van der Waals surface area contributed by atoms with Crippen LogP contribution in [0.25, 0.3) is 0 Å². The van der Waals surface area contributed by atoms with E-state index in [2.05, 4.69) is 15.9 Å². The summed E-state index contributed by atoms with van der Waals surface area (Å²) in [4.78, 5) is 26.5. The summed E-state index contributed by atoms with van der Waals surface area (Å²) in [6, 6.07) is 7.23. The Morgan fingerprint density at radius 2 is 1.83 bits per heavy atom. The summed E-state index contributed by atoms with van der Waals surface area (Å²) in [5.74, 6) is -0.371. The second kappa shape index (κ2) is 9.71. The van der Waals surface area contributed by atoms with Gasteiger partial charge in [-0.1, -0.05) is 55.3 Å². The number of hydrogen-bond acceptors (Lipinski definition) is 3. The van der Waals surface area contributed by atoms with Gasteiger partial charge in [-0.15, -0.1) is 0 Å². The van der Waals surface area contributed by atoms with E-state index in [4.69, 9.17) is 4.74 Å². The first-order valence-corrected chi connectivity index (χ1v) is 8.81. The van der Waals surface area contributed by atoms with Crippen LogP contribution in [0.2, 0.25) is 0 Å². The molecule has 0 bridgehead atoms. The zero-order chi connectivity index (χ0) is 17.4. The van der Waals surface area contributed by atoms with Gasteiger partial charge in [0.2, 0.25) is 5.91 Å². The van der Waals surface area contributed by atoms with Crippen LogP contribution in [-0.4, -0.2) is 29.9 Å². The molecule has 0 radical (unpaired) electrons. The summed E-state index contributed by atoms with van der Waals surface area (Å²) in [6.07, 6.45) is 2.22. The molecule has 0 saturated heterocycles. The van der Waals surface area contributed by atoms with E-state index >= 15 is 0 Å². The molecule has 0 aliphatic rings. The summed E-state index contributed by atoms with van der Waals surface area (Å²) in [5.41, 5.74) is 0.993. The van der Waals surface area contributed by atoms with Crippen molar-refractivity contribution in [3.05, 3.63) is 34.3 Å². The first-order valence-electron chi connectivity index (χ1n) is 8.02. The molecule has 5 heteroatoms. The van der Waals surface area contributed by atoms with E-state index in [1.807, 2.05) is 45.0 Å². The van der Waals surface area contributed by atoms with Gasteiger partial charge in [0, 0.05) is 17.4 Å². The highest BCUT2D eigenvalue weighted by molar-refractivity contribution is 9.10. The molecular formula is C18H26BrNO3. The first kappa shape index (κ1) is 19.7. The molecule has 1 aromatic rings. The van der Waals surface area contributed by atoms with Gasteiger partial charge in [-0.25, -0.2) is 4.79 Å². The molecule has 0 aliphatic heterocycles. The quantitative estimate of drug-likeness (QED) is 0.632. The van der Waals surface area contributed by atoms with E-state index < -0.39 is 6.04 Å². The van der Waals surface area contributed by atoms with Gasteiger partial charge in [0.15, 0.2) is 0 Å². The molecule has 1 aromatic carbocycles. The van der Waals surface area contributed by atoms with Crippen molar-refractivity contribution in [2.75, 3.05) is 7.11 Å². The van der Waals surface area contributed by atoms with E-state index in [1.54, 1.807) is 4.90 Å². The molecule has 0 N–H and O–H groups in total. The predicted molar refractivity (Wildman–Crippen MR) is 94.9 cm³/mol. The summed E-state index contributed by atoms with van der Waals surface area (Å²) in [6.45, 7) is 6.33. The van der Waals surface area contributed by atoms with Crippen LogP contribution >= 0.6 is 15.9 Å². The lowest BCUT2D eigenvalue weighted by atomic mass is 10.0. The number of ether oxygens (including phenoxy) is 1. The zero-order valence-corrected chi connectivity index (χ0v) is 15.9. The molecule has 0 aromatic heterocycles. The van der Waals surface area contributed by atoms with Gasteiger partial charge in [0.25, 0.3) is 0 Å². The Bertz CT molecular complexity index is 514. The smallest absolute Gasteiger partial charge is 0.328 e. The second-order valence-electron chi connectivity index (χ2n) is 5.96. The number of unbranched alkanes of at least 4 members (excludes halogenated alkanes) is 1. The molecule has 23 heavy (non-hydrogen) atoms. The van der Waals surface area contributed by atoms with E-state index in [9.17, 15) is 9.59 Å². The number of carbonyl (C=O) groups is 2. The number of halogens is 1. The molecule has 1 atom stereocenters. The fourth-order valence-electron chi connectivity index (χ4n) is 2.48. The van der Waals surface area contributed by atoms with Crippen LogP contribution in [0.3, 0.4) is 0 Å². The number of esters is 1. The van der Waals surface area contributed by atoms with Crippen LogP contribution in [-0.2, 0) is 20.9 Å². The topological polar surface area (TPSA) is 46.6 Å². The highest BCUT2D eigenvalue weighted by Gasteiger charge is 2.32. The largest absolute Gasteiger partial charge is 0.467 e. The number of amides is 1. The van der Waals surface area contributed by atoms with Gasteiger partial charge in [-0.2, -0.15) is 0 Å². The van der Waals surface area contributed by atoms with E-state index in [0.29, 0.717) is 13.0 Å². The van der Waals surface area contributed by atoms with Crippen molar-refractivity contribution in [2.45, 2.75) is 52.6 Å². The standard InChI is InChI=1S/C18H26BrNO3/c1-5-6-7-16(21)20(17(13(2)3)18(22)23-4)12-14-8-10-15(19)11-9-14/h8-11,13,17H,5-7,12H2,1-4H3. The summed E-state index contributed by atoms with van der Waals surface area (Å²) in [7, 11) is 1.37. The molecule has 128 valence electrons. The summed E-state index contributed by atoms with van der Waals surface area (Å²) >= 11 is 3.41. The predicted octanol–water partition coefficient (Wildman–Crippen LogP) is 4.17. The van der Waals surface area contributed by atoms with Crippen molar-refractivity contribution in [3.8, 4) is 0 Å². The average Bonchev–Trinajstić information content (AvgIpc) is 2.53. The van der Waals surface area contributed by atoms with Crippen LogP contribution in [0.4, 0.5) is 0 Å². The van der Waals surface area contributed by atoms with Gasteiger partial charge in [-0.3, -0.25) is 4.79 Å². The van der Waals surface area contributed by atoms with Crippen LogP contribution < -0.4 is 0 Å². The number of hydrogen-bond donors (Lipinski definition) is 0. The molecule has 1 unspecified atom stereocenters. The summed E-state index contributed by atoms with van der Waals surface area (Å²) < 4.78 is 5.91. The van der Waals surface area contributed by atoms with Crippen molar-refractivity contribution < 1.29 is 14.3 Å². The molecule has 1 rings (SSSR count). The highest BCUT2D eigenvalue weighted by atomic mass is 79.9. The van der Waals surface area contributed by atoms with Crippen molar-refractivity contribution in [2.24, 2.45) is 5.92 Å². The van der Waals surface area contributed by atoms with Crippen molar-refractivity contribution in [3.63, 3.8) is 0 Å². The van der Waals surface area contributed by atoms with Crippen molar-refractivity contribution >= 4 is 27.8 Å². The summed E-state index contributed by atoms with van der Waals surface area (Å²) in [5, 5.41) is 0. The van der Waals surface area contributed by atoms with Crippen LogP contribution in [0.5, 0.6) is 0 Å². The Balaban J connectivity index is 3.05. The molecule has 4 nitrogen and oxygen atoms in total. The monoisotopic (exact) mass is 383 g/mol. The maximum atomic E-state index is 12.6. The third kappa shape index (κ3) is 5.98. The minimum Gasteiger partial charge on any atom is -0.467 e. The molecule has 0 saturated carbocycles. The lowest BCUT2D eigenvalue weighted by molar-refractivity contribution is -0.155. The van der Waals surface area contributed by atoms with Crippen molar-refractivity contribution in [1.29, 1.82) is 0 Å². The number of nitrogens with zero attached hydrogens (tertiary/aromatic N) is 1. The first-order chi connectivity index (χ1) is 10.9. The fourth-order valence-corrected chi connectivity index (χ4v) is 2.74. The normalized spacial score (nSPS) is 12.1. The highest BCUT2D eigenvalue weighted by Crippen LogP contribution is 2.20. The van der Waals surface area contributed by atoms with Crippen LogP contribution in [0.1, 0.15) is 45.6 Å². The SMILES string of the molecule is CCCCC(=O)N(Cc1ccc(Br)cc1)C(C(=O)OC)C(C)C. The Labute approximate surface area is 147 Å². The van der Waals surface area contributed by atoms with Crippen molar-refractivity contribution in [1.82, 2.24) is 4.90 Å². The zero-order valence-electron chi connectivity index (χ0n) is 14.3. The number of methoxy groups -OCH3 is 1. The third-order valence-electron chi connectivity index (χ3n) is 3.74. The Hall–Kier alpha value is -1.36. The maximum absolute atomic E-state index is 12.6. The fraction of sp³-hybridized carbons (Fsp3) is 0.556. The Morgan fingerprint density at radius 1 is 1.22 bits per heavy atom. The van der Waals surface area contributed by atoms with Gasteiger partial charge >= 0.3 is 5.97 Å². The van der Waals surface area contributed by atoms with Crippen LogP contribution in [0.15, 0.2) is 28.7 Å². The van der Waals surface area contributed by atoms with Gasteiger partial charge in [0.05, 0.1) is 7.11 Å². The van der Waals surface area contributed by atoms with Crippen LogP contribution in [0, 0.1) is 5.92 Å². The van der Waals surface area contributed by atoms with E-state index in [0.717, 1.165) is 22.9 Å². The molecule has 0 spiro atoms. The van der Waals surface area contributed by atoms with Gasteiger partial charge < -0.3 is 9.64 Å². The second-order valence-corrected chi connectivity index (χ2v) is 6.88. The number of rotatable bonds is 8. The number of benzene rings is 1. The van der Waals surface area contributed by atoms with Gasteiger partial charge in [0.1, 0.15) is 6.04 Å². The molecule has 0 aliphatic carbocycles. The minimum atomic E-state index is -0.562. The number of carbonyl (C=O) groups excluding carboxylic acids is 2. The van der Waals surface area contributed by atoms with E-state index in [-0.39, 0.29) is 17.8 Å². The third-order valence-corrected chi connectivity index (χ3v) is 4.27. The maximum Gasteiger partial charge on any atom is 0.328 e.